The topological polar surface area (TPSA) is 63.5 Å². The first-order valence-corrected chi connectivity index (χ1v) is 8.77. The van der Waals surface area contributed by atoms with Crippen LogP contribution in [-0.2, 0) is 4.79 Å². The van der Waals surface area contributed by atoms with Crippen molar-refractivity contribution in [3.8, 4) is 6.07 Å². The Labute approximate surface area is 143 Å². The summed E-state index contributed by atoms with van der Waals surface area (Å²) in [6.45, 7) is 7.84. The van der Waals surface area contributed by atoms with Crippen molar-refractivity contribution in [1.29, 1.82) is 5.26 Å². The predicted molar refractivity (Wildman–Crippen MR) is 92.6 cm³/mol. The van der Waals surface area contributed by atoms with Gasteiger partial charge in [-0.1, -0.05) is 6.92 Å². The Balaban J connectivity index is 1.50. The molecule has 0 aromatic carbocycles. The van der Waals surface area contributed by atoms with Gasteiger partial charge in [-0.05, 0) is 30.9 Å². The predicted octanol–water partition coefficient (Wildman–Crippen LogP) is 1.33. The number of hydrogen-bond acceptors (Lipinski definition) is 5. The van der Waals surface area contributed by atoms with Gasteiger partial charge in [0, 0.05) is 45.5 Å². The maximum absolute atomic E-state index is 12.4. The van der Waals surface area contributed by atoms with Crippen LogP contribution in [0.2, 0.25) is 0 Å². The standard InChI is InChI=1S/C18H25N5O/c1-15-4-7-22(8-5-15)17(24)14-21-9-11-23(12-10-21)18-16(13-19)3-2-6-20-18/h2-3,6,15H,4-5,7-12,14H2,1H3. The van der Waals surface area contributed by atoms with Crippen molar-refractivity contribution < 1.29 is 4.79 Å². The molecule has 2 aliphatic rings. The van der Waals surface area contributed by atoms with Crippen LogP contribution in [0.4, 0.5) is 5.82 Å². The van der Waals surface area contributed by atoms with E-state index in [2.05, 4.69) is 27.8 Å². The van der Waals surface area contributed by atoms with Crippen molar-refractivity contribution in [2.75, 3.05) is 50.7 Å². The molecule has 0 bridgehead atoms. The summed E-state index contributed by atoms with van der Waals surface area (Å²) < 4.78 is 0. The lowest BCUT2D eigenvalue weighted by atomic mass is 9.99. The molecule has 0 radical (unpaired) electrons. The lowest BCUT2D eigenvalue weighted by Gasteiger charge is -2.37. The van der Waals surface area contributed by atoms with Crippen molar-refractivity contribution in [2.24, 2.45) is 5.92 Å². The first-order chi connectivity index (χ1) is 11.7. The van der Waals surface area contributed by atoms with Gasteiger partial charge in [0.2, 0.25) is 5.91 Å². The third-order valence-electron chi connectivity index (χ3n) is 5.07. The Kier molecular flexibility index (Phi) is 5.31. The van der Waals surface area contributed by atoms with Crippen molar-refractivity contribution in [2.45, 2.75) is 19.8 Å². The summed E-state index contributed by atoms with van der Waals surface area (Å²) in [5.74, 6) is 1.76. The highest BCUT2D eigenvalue weighted by Crippen LogP contribution is 2.19. The van der Waals surface area contributed by atoms with Gasteiger partial charge in [0.25, 0.3) is 0 Å². The number of nitriles is 1. The molecule has 0 spiro atoms. The molecule has 128 valence electrons. The fraction of sp³-hybridized carbons (Fsp3) is 0.611. The van der Waals surface area contributed by atoms with Gasteiger partial charge in [0.05, 0.1) is 12.1 Å². The maximum atomic E-state index is 12.4. The lowest BCUT2D eigenvalue weighted by Crippen LogP contribution is -2.51. The van der Waals surface area contributed by atoms with Crippen LogP contribution in [0.25, 0.3) is 0 Å². The van der Waals surface area contributed by atoms with Crippen LogP contribution in [0, 0.1) is 17.2 Å². The maximum Gasteiger partial charge on any atom is 0.236 e. The molecule has 6 nitrogen and oxygen atoms in total. The monoisotopic (exact) mass is 327 g/mol. The minimum atomic E-state index is 0.255. The highest BCUT2D eigenvalue weighted by molar-refractivity contribution is 5.78. The molecule has 0 N–H and O–H groups in total. The third-order valence-corrected chi connectivity index (χ3v) is 5.07. The van der Waals surface area contributed by atoms with Gasteiger partial charge in [-0.15, -0.1) is 0 Å². The molecule has 1 aromatic rings. The zero-order valence-corrected chi connectivity index (χ0v) is 14.3. The first kappa shape index (κ1) is 16.7. The van der Waals surface area contributed by atoms with E-state index in [0.717, 1.165) is 63.8 Å². The van der Waals surface area contributed by atoms with Crippen LogP contribution in [0.5, 0.6) is 0 Å². The van der Waals surface area contributed by atoms with Crippen molar-refractivity contribution >= 4 is 11.7 Å². The smallest absolute Gasteiger partial charge is 0.236 e. The van der Waals surface area contributed by atoms with E-state index < -0.39 is 0 Å². The molecule has 0 saturated carbocycles. The molecule has 0 aliphatic carbocycles. The summed E-state index contributed by atoms with van der Waals surface area (Å²) in [7, 11) is 0. The fourth-order valence-corrected chi connectivity index (χ4v) is 3.40. The van der Waals surface area contributed by atoms with Gasteiger partial charge in [0.15, 0.2) is 0 Å². The normalized spacial score (nSPS) is 20.0. The van der Waals surface area contributed by atoms with E-state index in [4.69, 9.17) is 0 Å². The molecule has 2 aliphatic heterocycles. The van der Waals surface area contributed by atoms with Gasteiger partial charge in [-0.2, -0.15) is 5.26 Å². The van der Waals surface area contributed by atoms with Crippen molar-refractivity contribution in [1.82, 2.24) is 14.8 Å². The summed E-state index contributed by atoms with van der Waals surface area (Å²) >= 11 is 0. The Morgan fingerprint density at radius 3 is 2.62 bits per heavy atom. The highest BCUT2D eigenvalue weighted by atomic mass is 16.2. The van der Waals surface area contributed by atoms with Crippen molar-refractivity contribution in [3.05, 3.63) is 23.9 Å². The van der Waals surface area contributed by atoms with Gasteiger partial charge in [-0.25, -0.2) is 4.98 Å². The molecule has 2 fully saturated rings. The second-order valence-electron chi connectivity index (χ2n) is 6.81. The number of amides is 1. The minimum Gasteiger partial charge on any atom is -0.353 e. The van der Waals surface area contributed by atoms with Gasteiger partial charge < -0.3 is 9.80 Å². The van der Waals surface area contributed by atoms with Crippen molar-refractivity contribution in [3.63, 3.8) is 0 Å². The third kappa shape index (κ3) is 3.85. The molecule has 2 saturated heterocycles. The van der Waals surface area contributed by atoms with Crippen LogP contribution >= 0.6 is 0 Å². The van der Waals surface area contributed by atoms with Crippen LogP contribution in [-0.4, -0.2) is 66.5 Å². The average molecular weight is 327 g/mol. The minimum absolute atomic E-state index is 0.255. The van der Waals surface area contributed by atoms with Gasteiger partial charge in [-0.3, -0.25) is 9.69 Å². The number of anilines is 1. The van der Waals surface area contributed by atoms with E-state index in [1.165, 1.54) is 0 Å². The second kappa shape index (κ2) is 7.63. The number of hydrogen-bond donors (Lipinski definition) is 0. The quantitative estimate of drug-likeness (QED) is 0.838. The molecular formula is C18H25N5O. The van der Waals surface area contributed by atoms with Crippen LogP contribution in [0.3, 0.4) is 0 Å². The molecule has 1 amide bonds. The van der Waals surface area contributed by atoms with Crippen LogP contribution < -0.4 is 4.90 Å². The molecule has 24 heavy (non-hydrogen) atoms. The van der Waals surface area contributed by atoms with Crippen LogP contribution in [0.1, 0.15) is 25.3 Å². The first-order valence-electron chi connectivity index (χ1n) is 8.77. The molecule has 1 aromatic heterocycles. The number of carbonyl (C=O) groups excluding carboxylic acids is 1. The number of piperidine rings is 1. The van der Waals surface area contributed by atoms with E-state index in [0.29, 0.717) is 12.1 Å². The highest BCUT2D eigenvalue weighted by Gasteiger charge is 2.25. The molecule has 6 heteroatoms. The van der Waals surface area contributed by atoms with E-state index in [1.807, 2.05) is 4.90 Å². The summed E-state index contributed by atoms with van der Waals surface area (Å²) in [5.41, 5.74) is 0.615. The summed E-state index contributed by atoms with van der Waals surface area (Å²) in [6.07, 6.45) is 3.97. The summed E-state index contributed by atoms with van der Waals surface area (Å²) in [6, 6.07) is 5.79. The number of pyridine rings is 1. The van der Waals surface area contributed by atoms with E-state index >= 15 is 0 Å². The number of aromatic nitrogens is 1. The Hall–Kier alpha value is -2.13. The molecular weight excluding hydrogens is 302 g/mol. The second-order valence-corrected chi connectivity index (χ2v) is 6.81. The van der Waals surface area contributed by atoms with Crippen LogP contribution in [0.15, 0.2) is 18.3 Å². The zero-order chi connectivity index (χ0) is 16.9. The number of piperazine rings is 1. The number of likely N-dealkylation sites (tertiary alicyclic amines) is 1. The molecule has 3 rings (SSSR count). The zero-order valence-electron chi connectivity index (χ0n) is 14.3. The lowest BCUT2D eigenvalue weighted by molar-refractivity contribution is -0.133. The SMILES string of the molecule is CC1CCN(C(=O)CN2CCN(c3ncccc3C#N)CC2)CC1. The molecule has 0 atom stereocenters. The fourth-order valence-electron chi connectivity index (χ4n) is 3.40. The number of rotatable bonds is 3. The van der Waals surface area contributed by atoms with Gasteiger partial charge in [0.1, 0.15) is 11.9 Å². The summed E-state index contributed by atoms with van der Waals surface area (Å²) in [4.78, 5) is 23.2. The largest absolute Gasteiger partial charge is 0.353 e. The van der Waals surface area contributed by atoms with E-state index in [1.54, 1.807) is 18.3 Å². The Morgan fingerprint density at radius 1 is 1.25 bits per heavy atom. The number of nitrogens with zero attached hydrogens (tertiary/aromatic N) is 5. The summed E-state index contributed by atoms with van der Waals surface area (Å²) in [5, 5.41) is 9.21. The Bertz CT molecular complexity index is 610. The van der Waals surface area contributed by atoms with E-state index in [9.17, 15) is 10.1 Å². The number of carbonyl (C=O) groups is 1. The average Bonchev–Trinajstić information content (AvgIpc) is 2.63. The van der Waals surface area contributed by atoms with Gasteiger partial charge >= 0.3 is 0 Å². The van der Waals surface area contributed by atoms with E-state index in [-0.39, 0.29) is 5.91 Å². The Morgan fingerprint density at radius 2 is 1.96 bits per heavy atom. The molecule has 3 heterocycles. The molecule has 0 unspecified atom stereocenters.